The zero-order chi connectivity index (χ0) is 8.97. The number of benzene rings is 1. The van der Waals surface area contributed by atoms with Crippen LogP contribution in [0.15, 0.2) is 24.3 Å². The van der Waals surface area contributed by atoms with E-state index in [0.29, 0.717) is 5.75 Å². The summed E-state index contributed by atoms with van der Waals surface area (Å²) in [4.78, 5) is 11.1. The summed E-state index contributed by atoms with van der Waals surface area (Å²) in [6, 6.07) is 9.74. The molecule has 0 atom stereocenters. The lowest BCUT2D eigenvalue weighted by Crippen LogP contribution is -2.14. The first-order chi connectivity index (χ1) is 5.70. The van der Waals surface area contributed by atoms with Crippen LogP contribution in [-0.2, 0) is 4.79 Å². The van der Waals surface area contributed by atoms with Gasteiger partial charge in [-0.1, -0.05) is 26.0 Å². The van der Waals surface area contributed by atoms with E-state index in [4.69, 9.17) is 4.74 Å². The Morgan fingerprint density at radius 2 is 2.33 bits per heavy atom. The largest absolute Gasteiger partial charge is 0.426 e. The van der Waals surface area contributed by atoms with Crippen molar-refractivity contribution in [3.8, 4) is 5.75 Å². The molecule has 0 fully saturated rings. The molecule has 1 aromatic carbocycles. The molecule has 0 saturated heterocycles. The predicted octanol–water partition coefficient (Wildman–Crippen LogP) is 2.05. The summed E-state index contributed by atoms with van der Waals surface area (Å²) in [6.07, 6.45) is 0. The second-order valence-corrected chi connectivity index (χ2v) is 2.81. The third-order valence-electron chi connectivity index (χ3n) is 1.37. The van der Waals surface area contributed by atoms with Gasteiger partial charge in [0.05, 0.1) is 5.92 Å². The molecule has 0 saturated carbocycles. The fourth-order valence-corrected chi connectivity index (χ4v) is 0.674. The van der Waals surface area contributed by atoms with Gasteiger partial charge in [0.15, 0.2) is 0 Å². The molecule has 0 aliphatic rings. The third-order valence-corrected chi connectivity index (χ3v) is 1.37. The Bertz CT molecular complexity index is 252. The van der Waals surface area contributed by atoms with Crippen molar-refractivity contribution in [3.05, 3.63) is 30.3 Å². The fourth-order valence-electron chi connectivity index (χ4n) is 0.674. The molecule has 1 aromatic rings. The maximum Gasteiger partial charge on any atom is 0.313 e. The minimum Gasteiger partial charge on any atom is -0.426 e. The van der Waals surface area contributed by atoms with Gasteiger partial charge in [0.2, 0.25) is 0 Å². The van der Waals surface area contributed by atoms with Crippen molar-refractivity contribution in [2.45, 2.75) is 13.8 Å². The number of ether oxygens (including phenoxy) is 1. The number of hydrogen-bond donors (Lipinski definition) is 0. The summed E-state index contributed by atoms with van der Waals surface area (Å²) in [5.74, 6) is 0.246. The number of esters is 1. The van der Waals surface area contributed by atoms with Crippen molar-refractivity contribution in [2.24, 2.45) is 5.92 Å². The Labute approximate surface area is 72.2 Å². The van der Waals surface area contributed by atoms with Crippen LogP contribution in [0.3, 0.4) is 0 Å². The molecule has 0 aliphatic carbocycles. The molecule has 0 spiro atoms. The van der Waals surface area contributed by atoms with E-state index in [2.05, 4.69) is 6.07 Å². The molecule has 0 amide bonds. The topological polar surface area (TPSA) is 26.3 Å². The van der Waals surface area contributed by atoms with E-state index in [1.165, 1.54) is 0 Å². The van der Waals surface area contributed by atoms with Gasteiger partial charge in [-0.25, -0.2) is 0 Å². The summed E-state index contributed by atoms with van der Waals surface area (Å²) >= 11 is 0. The molecule has 0 aliphatic heterocycles. The number of carbonyl (C=O) groups excluding carboxylic acids is 1. The van der Waals surface area contributed by atoms with E-state index in [1.807, 2.05) is 0 Å². The molecular formula is C10H11O2. The molecule has 0 bridgehead atoms. The highest BCUT2D eigenvalue weighted by Gasteiger charge is 2.08. The predicted molar refractivity (Wildman–Crippen MR) is 45.8 cm³/mol. The molecule has 2 nitrogen and oxygen atoms in total. The smallest absolute Gasteiger partial charge is 0.313 e. The normalized spacial score (nSPS) is 9.92. The Hall–Kier alpha value is -1.31. The molecule has 0 N–H and O–H groups in total. The van der Waals surface area contributed by atoms with E-state index < -0.39 is 0 Å². The highest BCUT2D eigenvalue weighted by Crippen LogP contribution is 2.09. The van der Waals surface area contributed by atoms with E-state index in [-0.39, 0.29) is 11.9 Å². The van der Waals surface area contributed by atoms with Gasteiger partial charge in [0.25, 0.3) is 0 Å². The highest BCUT2D eigenvalue weighted by molar-refractivity contribution is 5.74. The van der Waals surface area contributed by atoms with E-state index >= 15 is 0 Å². The van der Waals surface area contributed by atoms with Crippen LogP contribution in [0.2, 0.25) is 0 Å². The molecule has 0 unspecified atom stereocenters. The van der Waals surface area contributed by atoms with Crippen LogP contribution in [0.1, 0.15) is 13.8 Å². The van der Waals surface area contributed by atoms with Crippen molar-refractivity contribution in [2.75, 3.05) is 0 Å². The van der Waals surface area contributed by atoms with Gasteiger partial charge in [-0.05, 0) is 18.2 Å². The molecule has 0 aromatic heterocycles. The Kier molecular flexibility index (Phi) is 2.86. The molecule has 0 heterocycles. The Morgan fingerprint density at radius 3 is 2.83 bits per heavy atom. The summed E-state index contributed by atoms with van der Waals surface area (Å²) in [6.45, 7) is 3.60. The molecule has 2 heteroatoms. The standard InChI is InChI=1S/C10H11O2/c1-8(2)10(11)12-9-6-4-3-5-7-9/h3-4,6-8H,1-2H3. The van der Waals surface area contributed by atoms with Crippen LogP contribution in [0.25, 0.3) is 0 Å². The molecular weight excluding hydrogens is 152 g/mol. The van der Waals surface area contributed by atoms with Crippen molar-refractivity contribution in [1.82, 2.24) is 0 Å². The van der Waals surface area contributed by atoms with Gasteiger partial charge in [0, 0.05) is 0 Å². The van der Waals surface area contributed by atoms with E-state index in [1.54, 1.807) is 38.1 Å². The SMILES string of the molecule is CC(C)C(=O)Oc1c[c]ccc1. The van der Waals surface area contributed by atoms with Crippen molar-refractivity contribution in [1.29, 1.82) is 0 Å². The van der Waals surface area contributed by atoms with E-state index in [9.17, 15) is 4.79 Å². The van der Waals surface area contributed by atoms with Gasteiger partial charge in [-0.2, -0.15) is 0 Å². The van der Waals surface area contributed by atoms with Crippen LogP contribution < -0.4 is 4.74 Å². The van der Waals surface area contributed by atoms with Crippen molar-refractivity contribution in [3.63, 3.8) is 0 Å². The Balaban J connectivity index is 2.59. The van der Waals surface area contributed by atoms with Gasteiger partial charge in [-0.15, -0.1) is 0 Å². The van der Waals surface area contributed by atoms with Gasteiger partial charge >= 0.3 is 5.97 Å². The molecule has 12 heavy (non-hydrogen) atoms. The maximum atomic E-state index is 11.1. The average molecular weight is 163 g/mol. The monoisotopic (exact) mass is 163 g/mol. The zero-order valence-corrected chi connectivity index (χ0v) is 7.20. The minimum absolute atomic E-state index is 0.0924. The van der Waals surface area contributed by atoms with Crippen LogP contribution in [0.4, 0.5) is 0 Å². The molecule has 63 valence electrons. The van der Waals surface area contributed by atoms with Crippen LogP contribution in [0, 0.1) is 12.0 Å². The third kappa shape index (κ3) is 2.38. The van der Waals surface area contributed by atoms with Crippen molar-refractivity contribution < 1.29 is 9.53 Å². The summed E-state index contributed by atoms with van der Waals surface area (Å²) in [7, 11) is 0. The lowest BCUT2D eigenvalue weighted by molar-refractivity contribution is -0.137. The quantitative estimate of drug-likeness (QED) is 0.492. The summed E-state index contributed by atoms with van der Waals surface area (Å²) < 4.78 is 5.01. The van der Waals surface area contributed by atoms with Gasteiger partial charge in [0.1, 0.15) is 5.75 Å². The minimum atomic E-state index is -0.213. The maximum absolute atomic E-state index is 11.1. The summed E-state index contributed by atoms with van der Waals surface area (Å²) in [5, 5.41) is 0. The van der Waals surface area contributed by atoms with Crippen LogP contribution in [0.5, 0.6) is 5.75 Å². The van der Waals surface area contributed by atoms with Crippen molar-refractivity contribution >= 4 is 5.97 Å². The number of hydrogen-bond acceptors (Lipinski definition) is 2. The number of carbonyl (C=O) groups is 1. The van der Waals surface area contributed by atoms with Crippen LogP contribution >= 0.6 is 0 Å². The highest BCUT2D eigenvalue weighted by atomic mass is 16.5. The Morgan fingerprint density at radius 1 is 1.58 bits per heavy atom. The van der Waals surface area contributed by atoms with Gasteiger partial charge in [-0.3, -0.25) is 4.79 Å². The fraction of sp³-hybridized carbons (Fsp3) is 0.300. The summed E-state index contributed by atoms with van der Waals surface area (Å²) in [5.41, 5.74) is 0. The molecule has 1 radical (unpaired) electrons. The second-order valence-electron chi connectivity index (χ2n) is 2.81. The lowest BCUT2D eigenvalue weighted by atomic mass is 10.2. The first kappa shape index (κ1) is 8.78. The van der Waals surface area contributed by atoms with Gasteiger partial charge < -0.3 is 4.74 Å². The average Bonchev–Trinajstić information content (AvgIpc) is 2.06. The number of rotatable bonds is 2. The van der Waals surface area contributed by atoms with Crippen LogP contribution in [-0.4, -0.2) is 5.97 Å². The first-order valence-electron chi connectivity index (χ1n) is 3.88. The first-order valence-corrected chi connectivity index (χ1v) is 3.88. The second kappa shape index (κ2) is 3.90. The zero-order valence-electron chi connectivity index (χ0n) is 7.20. The molecule has 1 rings (SSSR count). The lowest BCUT2D eigenvalue weighted by Gasteiger charge is -2.05. The van der Waals surface area contributed by atoms with E-state index in [0.717, 1.165) is 0 Å².